The Labute approximate surface area is 201 Å². The van der Waals surface area contributed by atoms with Crippen molar-refractivity contribution in [3.05, 3.63) is 126 Å². The van der Waals surface area contributed by atoms with Crippen molar-refractivity contribution in [2.24, 2.45) is 5.73 Å². The van der Waals surface area contributed by atoms with Gasteiger partial charge in [-0.2, -0.15) is 5.10 Å². The Balaban J connectivity index is 1.50. The van der Waals surface area contributed by atoms with Crippen LogP contribution in [0.25, 0.3) is 27.7 Å². The SMILES string of the molecule is C=C(/C=C(\C=C/N)c1ccc2ncc(Cc3ccc4ncccc4c3)n2n1)c1ccnc(Cl)c1. The van der Waals surface area contributed by atoms with E-state index in [1.54, 1.807) is 24.5 Å². The molecule has 5 rings (SSSR count). The number of hydrogen-bond donors (Lipinski definition) is 1. The summed E-state index contributed by atoms with van der Waals surface area (Å²) in [5, 5.41) is 6.38. The van der Waals surface area contributed by atoms with Crippen molar-refractivity contribution in [1.82, 2.24) is 24.6 Å². The van der Waals surface area contributed by atoms with Gasteiger partial charge < -0.3 is 5.73 Å². The fourth-order valence-electron chi connectivity index (χ4n) is 3.82. The van der Waals surface area contributed by atoms with Crippen molar-refractivity contribution >= 4 is 39.3 Å². The van der Waals surface area contributed by atoms with Crippen molar-refractivity contribution in [3.63, 3.8) is 0 Å². The number of nitrogens with two attached hydrogens (primary N) is 1. The Morgan fingerprint density at radius 1 is 1.03 bits per heavy atom. The van der Waals surface area contributed by atoms with Crippen LogP contribution in [-0.2, 0) is 6.42 Å². The van der Waals surface area contributed by atoms with E-state index in [2.05, 4.69) is 39.7 Å². The van der Waals surface area contributed by atoms with E-state index in [9.17, 15) is 0 Å². The van der Waals surface area contributed by atoms with E-state index < -0.39 is 0 Å². The number of imidazole rings is 1. The highest BCUT2D eigenvalue weighted by atomic mass is 35.5. The van der Waals surface area contributed by atoms with Gasteiger partial charge in [-0.25, -0.2) is 14.5 Å². The van der Waals surface area contributed by atoms with Crippen LogP contribution in [0.15, 0.2) is 98.1 Å². The van der Waals surface area contributed by atoms with Gasteiger partial charge in [0.2, 0.25) is 0 Å². The minimum Gasteiger partial charge on any atom is -0.405 e. The van der Waals surface area contributed by atoms with Crippen LogP contribution in [0.2, 0.25) is 5.15 Å². The van der Waals surface area contributed by atoms with Crippen molar-refractivity contribution in [3.8, 4) is 0 Å². The van der Waals surface area contributed by atoms with Crippen LogP contribution < -0.4 is 5.73 Å². The summed E-state index contributed by atoms with van der Waals surface area (Å²) in [6.07, 6.45) is 11.2. The van der Waals surface area contributed by atoms with Gasteiger partial charge in [0, 0.05) is 29.8 Å². The maximum atomic E-state index is 6.04. The minimum absolute atomic E-state index is 0.412. The van der Waals surface area contributed by atoms with E-state index in [0.29, 0.717) is 11.6 Å². The summed E-state index contributed by atoms with van der Waals surface area (Å²) in [4.78, 5) is 13.0. The predicted molar refractivity (Wildman–Crippen MR) is 137 cm³/mol. The molecular weight excluding hydrogens is 444 g/mol. The molecule has 4 aromatic heterocycles. The maximum absolute atomic E-state index is 6.04. The number of nitrogens with zero attached hydrogens (tertiary/aromatic N) is 5. The van der Waals surface area contributed by atoms with Gasteiger partial charge in [-0.05, 0) is 77.5 Å². The molecule has 2 N–H and O–H groups in total. The van der Waals surface area contributed by atoms with Crippen LogP contribution in [0.4, 0.5) is 0 Å². The van der Waals surface area contributed by atoms with E-state index in [1.807, 2.05) is 47.1 Å². The fourth-order valence-corrected chi connectivity index (χ4v) is 4.00. The fraction of sp³-hybridized carbons (Fsp3) is 0.0370. The molecule has 7 heteroatoms. The van der Waals surface area contributed by atoms with Gasteiger partial charge in [-0.1, -0.05) is 30.3 Å². The summed E-state index contributed by atoms with van der Waals surface area (Å²) in [5.41, 5.74) is 12.8. The van der Waals surface area contributed by atoms with Crippen LogP contribution in [-0.4, -0.2) is 24.6 Å². The number of fused-ring (bicyclic) bond motifs is 2. The highest BCUT2D eigenvalue weighted by Crippen LogP contribution is 2.23. The zero-order chi connectivity index (χ0) is 23.5. The Hall–Kier alpha value is -4.29. The van der Waals surface area contributed by atoms with Crippen LogP contribution >= 0.6 is 11.6 Å². The van der Waals surface area contributed by atoms with Crippen LogP contribution in [0.3, 0.4) is 0 Å². The molecule has 166 valence electrons. The lowest BCUT2D eigenvalue weighted by molar-refractivity contribution is 0.862. The molecule has 4 heterocycles. The molecule has 34 heavy (non-hydrogen) atoms. The van der Waals surface area contributed by atoms with Crippen molar-refractivity contribution < 1.29 is 0 Å². The molecule has 0 saturated heterocycles. The summed E-state index contributed by atoms with van der Waals surface area (Å²) in [5.74, 6) is 0. The van der Waals surface area contributed by atoms with Gasteiger partial charge in [0.25, 0.3) is 0 Å². The number of allylic oxidation sites excluding steroid dienone is 4. The quantitative estimate of drug-likeness (QED) is 0.265. The highest BCUT2D eigenvalue weighted by molar-refractivity contribution is 6.29. The second-order valence-electron chi connectivity index (χ2n) is 7.80. The van der Waals surface area contributed by atoms with Crippen LogP contribution in [0.5, 0.6) is 0 Å². The summed E-state index contributed by atoms with van der Waals surface area (Å²) >= 11 is 6.04. The zero-order valence-electron chi connectivity index (χ0n) is 18.3. The predicted octanol–water partition coefficient (Wildman–Crippen LogP) is 5.49. The smallest absolute Gasteiger partial charge is 0.153 e. The van der Waals surface area contributed by atoms with Crippen LogP contribution in [0.1, 0.15) is 22.5 Å². The molecule has 0 fully saturated rings. The molecule has 0 spiro atoms. The number of benzene rings is 1. The normalized spacial score (nSPS) is 12.1. The molecule has 0 aliphatic carbocycles. The van der Waals surface area contributed by atoms with Gasteiger partial charge in [-0.15, -0.1) is 0 Å². The van der Waals surface area contributed by atoms with Crippen molar-refractivity contribution in [2.45, 2.75) is 6.42 Å². The van der Waals surface area contributed by atoms with Gasteiger partial charge in [0.15, 0.2) is 5.65 Å². The summed E-state index contributed by atoms with van der Waals surface area (Å²) in [6.45, 7) is 4.17. The molecule has 0 unspecified atom stereocenters. The first-order valence-electron chi connectivity index (χ1n) is 10.7. The van der Waals surface area contributed by atoms with E-state index in [4.69, 9.17) is 22.4 Å². The molecule has 6 nitrogen and oxygen atoms in total. The lowest BCUT2D eigenvalue weighted by Gasteiger charge is -2.08. The topological polar surface area (TPSA) is 82.0 Å². The first-order chi connectivity index (χ1) is 16.6. The van der Waals surface area contributed by atoms with E-state index >= 15 is 0 Å². The number of halogens is 1. The third-order valence-electron chi connectivity index (χ3n) is 5.48. The van der Waals surface area contributed by atoms with Crippen molar-refractivity contribution in [1.29, 1.82) is 0 Å². The Bertz CT molecular complexity index is 1580. The standard InChI is InChI=1S/C27H21ClN6/c1-18(20-9-12-31-26(28)16-20)13-22(8-10-29)25-6-7-27-32-17-23(34(27)33-25)15-19-4-5-24-21(14-19)3-2-11-30-24/h2-14,16-17H,1,15,29H2/b10-8-,22-13+. The van der Waals surface area contributed by atoms with Gasteiger partial charge in [0.05, 0.1) is 23.1 Å². The Morgan fingerprint density at radius 2 is 1.94 bits per heavy atom. The van der Waals surface area contributed by atoms with Crippen LogP contribution in [0, 0.1) is 0 Å². The third kappa shape index (κ3) is 4.44. The Morgan fingerprint density at radius 3 is 2.79 bits per heavy atom. The zero-order valence-corrected chi connectivity index (χ0v) is 19.0. The minimum atomic E-state index is 0.412. The van der Waals surface area contributed by atoms with Gasteiger partial charge in [-0.3, -0.25) is 4.98 Å². The molecule has 0 atom stereocenters. The molecule has 0 radical (unpaired) electrons. The summed E-state index contributed by atoms with van der Waals surface area (Å²) < 4.78 is 1.87. The molecule has 1 aromatic carbocycles. The molecular formula is C27H21ClN6. The second kappa shape index (κ2) is 9.29. The largest absolute Gasteiger partial charge is 0.405 e. The average Bonchev–Trinajstić information content (AvgIpc) is 3.25. The summed E-state index contributed by atoms with van der Waals surface area (Å²) in [6, 6.07) is 17.8. The molecule has 0 amide bonds. The maximum Gasteiger partial charge on any atom is 0.153 e. The van der Waals surface area contributed by atoms with E-state index in [-0.39, 0.29) is 0 Å². The Kier molecular flexibility index (Phi) is 5.89. The number of hydrogen-bond acceptors (Lipinski definition) is 5. The number of aromatic nitrogens is 5. The molecule has 5 aromatic rings. The van der Waals surface area contributed by atoms with E-state index in [1.165, 1.54) is 6.20 Å². The lowest BCUT2D eigenvalue weighted by atomic mass is 10.0. The van der Waals surface area contributed by atoms with Gasteiger partial charge in [0.1, 0.15) is 5.15 Å². The second-order valence-corrected chi connectivity index (χ2v) is 8.18. The molecule has 0 aliphatic rings. The highest BCUT2D eigenvalue weighted by Gasteiger charge is 2.10. The van der Waals surface area contributed by atoms with Crippen molar-refractivity contribution in [2.75, 3.05) is 0 Å². The number of rotatable bonds is 6. The first-order valence-corrected chi connectivity index (χ1v) is 11.1. The lowest BCUT2D eigenvalue weighted by Crippen LogP contribution is -2.02. The van der Waals surface area contributed by atoms with Gasteiger partial charge >= 0.3 is 0 Å². The average molecular weight is 465 g/mol. The first kappa shape index (κ1) is 21.6. The monoisotopic (exact) mass is 464 g/mol. The summed E-state index contributed by atoms with van der Waals surface area (Å²) in [7, 11) is 0. The van der Waals surface area contributed by atoms with E-state index in [0.717, 1.165) is 50.2 Å². The molecule has 0 bridgehead atoms. The number of pyridine rings is 2. The molecule has 0 saturated carbocycles. The molecule has 0 aliphatic heterocycles. The third-order valence-corrected chi connectivity index (χ3v) is 5.69.